The predicted molar refractivity (Wildman–Crippen MR) is 96.1 cm³/mol. The first kappa shape index (κ1) is 18.8. The molecule has 1 amide bonds. The maximum atomic E-state index is 12.2. The van der Waals surface area contributed by atoms with Crippen LogP contribution in [0.25, 0.3) is 0 Å². The predicted octanol–water partition coefficient (Wildman–Crippen LogP) is 3.55. The zero-order chi connectivity index (χ0) is 17.4. The van der Waals surface area contributed by atoms with E-state index in [9.17, 15) is 13.2 Å². The van der Waals surface area contributed by atoms with Gasteiger partial charge in [-0.3, -0.25) is 4.79 Å². The number of ether oxygens (including phenoxy) is 1. The number of unbranched alkanes of at least 4 members (excludes halogenated alkanes) is 1. The summed E-state index contributed by atoms with van der Waals surface area (Å²) in [4.78, 5) is 12.1. The quantitative estimate of drug-likeness (QED) is 0.689. The summed E-state index contributed by atoms with van der Waals surface area (Å²) in [6.45, 7) is 2.68. The normalized spacial score (nSPS) is 15.4. The Kier molecular flexibility index (Phi) is 7.09. The number of anilines is 1. The van der Waals surface area contributed by atoms with Crippen LogP contribution in [-0.4, -0.2) is 31.9 Å². The summed E-state index contributed by atoms with van der Waals surface area (Å²) in [7, 11) is -3.17. The fourth-order valence-corrected chi connectivity index (χ4v) is 4.74. The molecule has 1 N–H and O–H groups in total. The molecule has 0 bridgehead atoms. The highest BCUT2D eigenvalue weighted by Crippen LogP contribution is 2.26. The van der Waals surface area contributed by atoms with Crippen LogP contribution in [0.5, 0.6) is 5.75 Å². The van der Waals surface area contributed by atoms with Gasteiger partial charge in [-0.05, 0) is 31.4 Å². The summed E-state index contributed by atoms with van der Waals surface area (Å²) in [5, 5.41) is 2.52. The standard InChI is InChI=1S/C18H27NO4S/c1-2-3-13-23-17-11-7-6-10-16(17)19-18(20)12-14-24(21,22)15-8-4-5-9-15/h6-7,10-11,15H,2-5,8-9,12-14H2,1H3,(H,19,20). The molecule has 0 aromatic heterocycles. The van der Waals surface area contributed by atoms with Crippen molar-refractivity contribution in [3.8, 4) is 5.75 Å². The number of rotatable bonds is 9. The fraction of sp³-hybridized carbons (Fsp3) is 0.611. The first-order valence-corrected chi connectivity index (χ1v) is 10.5. The number of para-hydroxylation sites is 2. The van der Waals surface area contributed by atoms with Crippen LogP contribution in [0, 0.1) is 0 Å². The second-order valence-electron chi connectivity index (χ2n) is 6.27. The Morgan fingerprint density at radius 3 is 2.67 bits per heavy atom. The van der Waals surface area contributed by atoms with Crippen LogP contribution in [0.1, 0.15) is 51.9 Å². The van der Waals surface area contributed by atoms with E-state index < -0.39 is 9.84 Å². The summed E-state index contributed by atoms with van der Waals surface area (Å²) in [6.07, 6.45) is 5.38. The van der Waals surface area contributed by atoms with E-state index >= 15 is 0 Å². The first-order chi connectivity index (χ1) is 11.5. The third-order valence-corrected chi connectivity index (χ3v) is 6.60. The van der Waals surface area contributed by atoms with Crippen molar-refractivity contribution in [1.29, 1.82) is 0 Å². The van der Waals surface area contributed by atoms with Crippen LogP contribution in [0.15, 0.2) is 24.3 Å². The van der Waals surface area contributed by atoms with Gasteiger partial charge in [0.1, 0.15) is 5.75 Å². The van der Waals surface area contributed by atoms with Gasteiger partial charge in [0.15, 0.2) is 9.84 Å². The molecule has 6 heteroatoms. The molecule has 24 heavy (non-hydrogen) atoms. The van der Waals surface area contributed by atoms with E-state index in [0.29, 0.717) is 18.0 Å². The minimum Gasteiger partial charge on any atom is -0.491 e. The number of carbonyl (C=O) groups excluding carboxylic acids is 1. The van der Waals surface area contributed by atoms with Crippen molar-refractivity contribution in [2.24, 2.45) is 0 Å². The minimum atomic E-state index is -3.17. The van der Waals surface area contributed by atoms with E-state index in [4.69, 9.17) is 4.74 Å². The molecule has 1 aromatic carbocycles. The van der Waals surface area contributed by atoms with Gasteiger partial charge in [-0.15, -0.1) is 0 Å². The highest BCUT2D eigenvalue weighted by Gasteiger charge is 2.28. The third-order valence-electron chi connectivity index (χ3n) is 4.34. The van der Waals surface area contributed by atoms with Gasteiger partial charge in [0.25, 0.3) is 0 Å². The van der Waals surface area contributed by atoms with Crippen molar-refractivity contribution in [2.45, 2.75) is 57.1 Å². The van der Waals surface area contributed by atoms with Gasteiger partial charge in [0.05, 0.1) is 23.3 Å². The van der Waals surface area contributed by atoms with Crippen molar-refractivity contribution in [3.05, 3.63) is 24.3 Å². The van der Waals surface area contributed by atoms with Gasteiger partial charge >= 0.3 is 0 Å². The average molecular weight is 353 g/mol. The maximum absolute atomic E-state index is 12.2. The maximum Gasteiger partial charge on any atom is 0.225 e. The minimum absolute atomic E-state index is 0.0118. The van der Waals surface area contributed by atoms with Crippen molar-refractivity contribution in [2.75, 3.05) is 17.7 Å². The molecule has 1 aliphatic rings. The van der Waals surface area contributed by atoms with Crippen LogP contribution in [-0.2, 0) is 14.6 Å². The molecular formula is C18H27NO4S. The molecule has 0 heterocycles. The van der Waals surface area contributed by atoms with Crippen LogP contribution in [0.2, 0.25) is 0 Å². The Hall–Kier alpha value is -1.56. The molecule has 5 nitrogen and oxygen atoms in total. The number of nitrogens with one attached hydrogen (secondary N) is 1. The molecule has 1 fully saturated rings. The molecule has 1 aromatic rings. The molecule has 0 saturated heterocycles. The number of hydrogen-bond acceptors (Lipinski definition) is 4. The number of amides is 1. The molecule has 1 aliphatic carbocycles. The van der Waals surface area contributed by atoms with E-state index in [2.05, 4.69) is 12.2 Å². The zero-order valence-electron chi connectivity index (χ0n) is 14.3. The van der Waals surface area contributed by atoms with E-state index in [1.165, 1.54) is 0 Å². The third kappa shape index (κ3) is 5.51. The lowest BCUT2D eigenvalue weighted by atomic mass is 10.2. The summed E-state index contributed by atoms with van der Waals surface area (Å²) in [6, 6.07) is 7.24. The highest BCUT2D eigenvalue weighted by molar-refractivity contribution is 7.92. The van der Waals surface area contributed by atoms with Crippen LogP contribution < -0.4 is 10.1 Å². The lowest BCUT2D eigenvalue weighted by Crippen LogP contribution is -2.24. The van der Waals surface area contributed by atoms with Gasteiger partial charge in [-0.2, -0.15) is 0 Å². The summed E-state index contributed by atoms with van der Waals surface area (Å²) in [5.41, 5.74) is 0.594. The number of sulfone groups is 1. The smallest absolute Gasteiger partial charge is 0.225 e. The molecule has 134 valence electrons. The Bertz CT molecular complexity index is 636. The molecule has 0 unspecified atom stereocenters. The van der Waals surface area contributed by atoms with Crippen molar-refractivity contribution >= 4 is 21.4 Å². The van der Waals surface area contributed by atoms with Crippen molar-refractivity contribution in [3.63, 3.8) is 0 Å². The van der Waals surface area contributed by atoms with Gasteiger partial charge in [0.2, 0.25) is 5.91 Å². The van der Waals surface area contributed by atoms with Crippen LogP contribution in [0.4, 0.5) is 5.69 Å². The van der Waals surface area contributed by atoms with Crippen LogP contribution >= 0.6 is 0 Å². The largest absolute Gasteiger partial charge is 0.491 e. The first-order valence-electron chi connectivity index (χ1n) is 8.76. The average Bonchev–Trinajstić information content (AvgIpc) is 3.10. The fourth-order valence-electron chi connectivity index (χ4n) is 2.88. The number of benzene rings is 1. The molecule has 0 spiro atoms. The lowest BCUT2D eigenvalue weighted by molar-refractivity contribution is -0.115. The summed E-state index contributed by atoms with van der Waals surface area (Å²) >= 11 is 0. The highest BCUT2D eigenvalue weighted by atomic mass is 32.2. The lowest BCUT2D eigenvalue weighted by Gasteiger charge is -2.13. The topological polar surface area (TPSA) is 72.5 Å². The van der Waals surface area contributed by atoms with Crippen LogP contribution in [0.3, 0.4) is 0 Å². The van der Waals surface area contributed by atoms with E-state index in [1.54, 1.807) is 12.1 Å². The van der Waals surface area contributed by atoms with Crippen molar-refractivity contribution in [1.82, 2.24) is 0 Å². The molecule has 0 atom stereocenters. The Morgan fingerprint density at radius 2 is 1.96 bits per heavy atom. The van der Waals surface area contributed by atoms with Gasteiger partial charge < -0.3 is 10.1 Å². The SMILES string of the molecule is CCCCOc1ccccc1NC(=O)CCS(=O)(=O)C1CCCC1. The summed E-state index contributed by atoms with van der Waals surface area (Å²) in [5.74, 6) is 0.253. The molecule has 0 aliphatic heterocycles. The van der Waals surface area contributed by atoms with Gasteiger partial charge in [-0.1, -0.05) is 38.3 Å². The van der Waals surface area contributed by atoms with E-state index in [1.807, 2.05) is 12.1 Å². The number of carbonyl (C=O) groups is 1. The molecule has 0 radical (unpaired) electrons. The Labute approximate surface area is 144 Å². The monoisotopic (exact) mass is 353 g/mol. The Morgan fingerprint density at radius 1 is 1.25 bits per heavy atom. The zero-order valence-corrected chi connectivity index (χ0v) is 15.1. The summed E-state index contributed by atoms with van der Waals surface area (Å²) < 4.78 is 30.1. The molecule has 1 saturated carbocycles. The van der Waals surface area contributed by atoms with Gasteiger partial charge in [0, 0.05) is 6.42 Å². The number of hydrogen-bond donors (Lipinski definition) is 1. The van der Waals surface area contributed by atoms with Gasteiger partial charge in [-0.25, -0.2) is 8.42 Å². The van der Waals surface area contributed by atoms with E-state index in [0.717, 1.165) is 38.5 Å². The van der Waals surface area contributed by atoms with Crippen molar-refractivity contribution < 1.29 is 17.9 Å². The molecule has 2 rings (SSSR count). The molecular weight excluding hydrogens is 326 g/mol. The van der Waals surface area contributed by atoms with E-state index in [-0.39, 0.29) is 23.3 Å². The Balaban J connectivity index is 1.88. The second-order valence-corrected chi connectivity index (χ2v) is 8.67. The second kappa shape index (κ2) is 9.06.